The zero-order valence-corrected chi connectivity index (χ0v) is 19.1. The number of hydrogen-bond donors (Lipinski definition) is 0. The lowest BCUT2D eigenvalue weighted by Gasteiger charge is -1.99. The predicted molar refractivity (Wildman–Crippen MR) is 115 cm³/mol. The Morgan fingerprint density at radius 1 is 0.846 bits per heavy atom. The fourth-order valence-electron chi connectivity index (χ4n) is 1.77. The molecule has 0 bridgehead atoms. The largest absolute Gasteiger partial charge is 0.266 e. The molecular formula is C19H17BrCl4N2. The van der Waals surface area contributed by atoms with Gasteiger partial charge in [-0.2, -0.15) is 10.5 Å². The average molecular weight is 495 g/mol. The van der Waals surface area contributed by atoms with Gasteiger partial charge in [0.1, 0.15) is 0 Å². The molecule has 0 atom stereocenters. The monoisotopic (exact) mass is 492 g/mol. The maximum Gasteiger partial charge on any atom is 0.266 e. The third-order valence-corrected chi connectivity index (χ3v) is 3.65. The first kappa shape index (κ1) is 25.1. The van der Waals surface area contributed by atoms with E-state index in [2.05, 4.69) is 28.1 Å². The molecule has 0 N–H and O–H groups in total. The molecule has 0 aliphatic heterocycles. The molecule has 2 rings (SSSR count). The van der Waals surface area contributed by atoms with Crippen molar-refractivity contribution in [1.82, 2.24) is 0 Å². The topological polar surface area (TPSA) is 47.6 Å². The minimum atomic E-state index is -1.61. The predicted octanol–water partition coefficient (Wildman–Crippen LogP) is 7.49. The lowest BCUT2D eigenvalue weighted by molar-refractivity contribution is 1.33. The molecule has 0 saturated heterocycles. The van der Waals surface area contributed by atoms with Gasteiger partial charge in [0.05, 0.1) is 23.3 Å². The summed E-state index contributed by atoms with van der Waals surface area (Å²) in [5, 5.41) is 18.0. The van der Waals surface area contributed by atoms with Gasteiger partial charge < -0.3 is 0 Å². The van der Waals surface area contributed by atoms with Crippen molar-refractivity contribution in [2.45, 2.75) is 29.4 Å². The van der Waals surface area contributed by atoms with Crippen molar-refractivity contribution in [2.75, 3.05) is 0 Å². The Hall–Kier alpha value is -0.940. The summed E-state index contributed by atoms with van der Waals surface area (Å²) in [6.45, 7) is 5.91. The molecule has 26 heavy (non-hydrogen) atoms. The molecule has 0 fully saturated rings. The summed E-state index contributed by atoms with van der Waals surface area (Å²) in [5.74, 6) is 0. The van der Waals surface area contributed by atoms with Crippen LogP contribution in [0.3, 0.4) is 0 Å². The van der Waals surface area contributed by atoms with Crippen LogP contribution in [0, 0.1) is 43.4 Å². The second-order valence-corrected chi connectivity index (χ2v) is 9.25. The number of hydrogen-bond acceptors (Lipinski definition) is 2. The van der Waals surface area contributed by atoms with Crippen LogP contribution < -0.4 is 0 Å². The van der Waals surface area contributed by atoms with Crippen LogP contribution in [0.1, 0.15) is 33.4 Å². The van der Waals surface area contributed by atoms with Crippen molar-refractivity contribution in [3.8, 4) is 12.1 Å². The van der Waals surface area contributed by atoms with Crippen molar-refractivity contribution in [1.29, 1.82) is 10.5 Å². The van der Waals surface area contributed by atoms with E-state index in [9.17, 15) is 0 Å². The fraction of sp³-hybridized carbons (Fsp3) is 0.263. The summed E-state index contributed by atoms with van der Waals surface area (Å²) in [6, 6.07) is 16.1. The molecular weight excluding hydrogens is 478 g/mol. The molecule has 0 spiro atoms. The highest BCUT2D eigenvalue weighted by Crippen LogP contribution is 2.29. The summed E-state index contributed by atoms with van der Waals surface area (Å²) in [7, 11) is 0. The summed E-state index contributed by atoms with van der Waals surface area (Å²) >= 11 is 22.6. The van der Waals surface area contributed by atoms with E-state index in [1.807, 2.05) is 57.2 Å². The Bertz CT molecular complexity index is 797. The van der Waals surface area contributed by atoms with E-state index in [-0.39, 0.29) is 0 Å². The molecule has 2 aromatic rings. The zero-order valence-electron chi connectivity index (χ0n) is 14.5. The van der Waals surface area contributed by atoms with Crippen LogP contribution in [0.5, 0.6) is 0 Å². The molecule has 7 heteroatoms. The molecule has 0 amide bonds. The molecule has 0 heterocycles. The molecule has 0 saturated carbocycles. The van der Waals surface area contributed by atoms with E-state index in [1.165, 1.54) is 0 Å². The van der Waals surface area contributed by atoms with E-state index in [0.717, 1.165) is 38.7 Å². The third-order valence-electron chi connectivity index (χ3n) is 3.04. The molecule has 0 aromatic heterocycles. The first-order chi connectivity index (χ1) is 12.0. The van der Waals surface area contributed by atoms with Crippen LogP contribution in [0.2, 0.25) is 0 Å². The van der Waals surface area contributed by atoms with Crippen LogP contribution in [0.25, 0.3) is 0 Å². The van der Waals surface area contributed by atoms with E-state index >= 15 is 0 Å². The Morgan fingerprint density at radius 3 is 1.65 bits per heavy atom. The van der Waals surface area contributed by atoms with Gasteiger partial charge in [0.2, 0.25) is 0 Å². The zero-order chi connectivity index (χ0) is 20.3. The van der Waals surface area contributed by atoms with E-state index < -0.39 is 3.25 Å². The van der Waals surface area contributed by atoms with Gasteiger partial charge in [-0.25, -0.2) is 0 Å². The van der Waals surface area contributed by atoms with Crippen molar-refractivity contribution in [3.63, 3.8) is 0 Å². The minimum absolute atomic E-state index is 0.746. The van der Waals surface area contributed by atoms with E-state index in [0.29, 0.717) is 0 Å². The number of halogens is 5. The second-order valence-electron chi connectivity index (χ2n) is 5.26. The van der Waals surface area contributed by atoms with Crippen molar-refractivity contribution in [2.24, 2.45) is 0 Å². The van der Waals surface area contributed by atoms with Crippen LogP contribution in [-0.4, -0.2) is 3.25 Å². The SMILES string of the molecule is Cc1ccc(C)c(C#N)c1.Cc1ccc(CBr)c(C#N)c1.ClC(Cl)(Cl)Cl. The van der Waals surface area contributed by atoms with Gasteiger partial charge in [0, 0.05) is 5.33 Å². The first-order valence-corrected chi connectivity index (χ1v) is 9.93. The maximum atomic E-state index is 8.70. The summed E-state index contributed by atoms with van der Waals surface area (Å²) in [6.07, 6.45) is 0. The number of nitriles is 2. The van der Waals surface area contributed by atoms with Gasteiger partial charge in [-0.15, -0.1) is 0 Å². The molecule has 2 nitrogen and oxygen atoms in total. The normalized spacial score (nSPS) is 9.62. The van der Waals surface area contributed by atoms with Gasteiger partial charge in [-0.1, -0.05) is 86.6 Å². The highest BCUT2D eigenvalue weighted by atomic mass is 79.9. The van der Waals surface area contributed by atoms with Gasteiger partial charge in [-0.3, -0.25) is 0 Å². The van der Waals surface area contributed by atoms with Crippen LogP contribution in [-0.2, 0) is 5.33 Å². The number of benzene rings is 2. The molecule has 0 unspecified atom stereocenters. The second kappa shape index (κ2) is 12.4. The lowest BCUT2D eigenvalue weighted by Crippen LogP contribution is -1.85. The van der Waals surface area contributed by atoms with Crippen molar-refractivity contribution < 1.29 is 0 Å². The highest BCUT2D eigenvalue weighted by Gasteiger charge is 2.11. The van der Waals surface area contributed by atoms with Crippen molar-refractivity contribution in [3.05, 3.63) is 69.8 Å². The van der Waals surface area contributed by atoms with Gasteiger partial charge in [0.25, 0.3) is 3.25 Å². The maximum absolute atomic E-state index is 8.70. The Balaban J connectivity index is 0.000000387. The molecule has 2 aromatic carbocycles. The minimum Gasteiger partial charge on any atom is -0.192 e. The Kier molecular flexibility index (Phi) is 12.0. The Morgan fingerprint density at radius 2 is 1.27 bits per heavy atom. The molecule has 138 valence electrons. The molecule has 0 aliphatic carbocycles. The van der Waals surface area contributed by atoms with Crippen LogP contribution in [0.15, 0.2) is 36.4 Å². The smallest absolute Gasteiger partial charge is 0.192 e. The quantitative estimate of drug-likeness (QED) is 0.385. The molecule has 0 radical (unpaired) electrons. The van der Waals surface area contributed by atoms with Gasteiger partial charge >= 0.3 is 0 Å². The van der Waals surface area contributed by atoms with E-state index in [1.54, 1.807) is 0 Å². The number of aryl methyl sites for hydroxylation is 3. The standard InChI is InChI=1S/C9H8BrN.C9H9N.CCl4/c1-7-2-3-8(5-10)9(4-7)6-11;1-7-3-4-8(2)9(5-7)6-10;2-1(3,4)5/h2-4H,5H2,1H3;3-5H,1-2H3;. The summed E-state index contributed by atoms with van der Waals surface area (Å²) in [4.78, 5) is 0. The summed E-state index contributed by atoms with van der Waals surface area (Å²) < 4.78 is -1.61. The third kappa shape index (κ3) is 11.6. The first-order valence-electron chi connectivity index (χ1n) is 7.30. The molecule has 0 aliphatic rings. The number of nitrogens with zero attached hydrogens (tertiary/aromatic N) is 2. The highest BCUT2D eigenvalue weighted by molar-refractivity contribution is 9.08. The van der Waals surface area contributed by atoms with Crippen molar-refractivity contribution >= 4 is 62.3 Å². The van der Waals surface area contributed by atoms with Gasteiger partial charge in [-0.05, 0) is 55.2 Å². The van der Waals surface area contributed by atoms with Gasteiger partial charge in [0.15, 0.2) is 0 Å². The lowest BCUT2D eigenvalue weighted by atomic mass is 10.1. The fourth-order valence-corrected chi connectivity index (χ4v) is 2.26. The number of alkyl halides is 5. The number of rotatable bonds is 1. The Labute approximate surface area is 183 Å². The summed E-state index contributed by atoms with van der Waals surface area (Å²) in [5.41, 5.74) is 5.92. The van der Waals surface area contributed by atoms with E-state index in [4.69, 9.17) is 56.9 Å². The van der Waals surface area contributed by atoms with Crippen LogP contribution >= 0.6 is 62.3 Å². The average Bonchev–Trinajstić information content (AvgIpc) is 2.56. The van der Waals surface area contributed by atoms with Crippen LogP contribution in [0.4, 0.5) is 0 Å².